The quantitative estimate of drug-likeness (QED) is 0.792. The Bertz CT molecular complexity index is 903. The molecule has 0 bridgehead atoms. The van der Waals surface area contributed by atoms with E-state index < -0.39 is 5.97 Å². The van der Waals surface area contributed by atoms with Crippen LogP contribution in [0.1, 0.15) is 21.7 Å². The van der Waals surface area contributed by atoms with E-state index in [4.69, 9.17) is 11.6 Å². The zero-order valence-corrected chi connectivity index (χ0v) is 13.4. The maximum Gasteiger partial charge on any atom is 0.375 e. The molecule has 3 rings (SSSR count). The molecular weight excluding hydrogens is 314 g/mol. The van der Waals surface area contributed by atoms with Gasteiger partial charge >= 0.3 is 5.97 Å². The largest absolute Gasteiger partial charge is 0.475 e. The summed E-state index contributed by atoms with van der Waals surface area (Å²) in [6, 6.07) is 12.9. The smallest absolute Gasteiger partial charge is 0.375 e. The molecule has 0 fully saturated rings. The number of aromatic carboxylic acids is 1. The van der Waals surface area contributed by atoms with Gasteiger partial charge in [-0.2, -0.15) is 0 Å². The Morgan fingerprint density at radius 1 is 1.13 bits per heavy atom. The molecule has 3 aromatic rings. The van der Waals surface area contributed by atoms with Crippen LogP contribution in [0, 0.1) is 13.8 Å². The molecule has 0 radical (unpaired) electrons. The molecule has 5 nitrogen and oxygen atoms in total. The normalized spacial score (nSPS) is 10.7. The zero-order chi connectivity index (χ0) is 16.6. The van der Waals surface area contributed by atoms with Crippen LogP contribution in [0.5, 0.6) is 0 Å². The number of nitrogens with zero attached hydrogens (tertiary/aromatic N) is 3. The molecule has 2 aromatic carbocycles. The molecule has 1 N–H and O–H groups in total. The Kier molecular flexibility index (Phi) is 3.88. The molecular formula is C17H14ClN3O2. The third-order valence-electron chi connectivity index (χ3n) is 3.62. The van der Waals surface area contributed by atoms with Crippen molar-refractivity contribution >= 4 is 17.6 Å². The lowest BCUT2D eigenvalue weighted by molar-refractivity contribution is 0.0683. The molecule has 0 aliphatic rings. The van der Waals surface area contributed by atoms with Crippen LogP contribution in [0.3, 0.4) is 0 Å². The van der Waals surface area contributed by atoms with Crippen molar-refractivity contribution in [3.05, 3.63) is 64.4 Å². The van der Waals surface area contributed by atoms with Crippen molar-refractivity contribution in [1.29, 1.82) is 0 Å². The van der Waals surface area contributed by atoms with E-state index in [1.54, 1.807) is 18.2 Å². The molecule has 0 amide bonds. The molecule has 116 valence electrons. The van der Waals surface area contributed by atoms with Crippen LogP contribution in [-0.4, -0.2) is 25.8 Å². The van der Waals surface area contributed by atoms with Crippen molar-refractivity contribution in [2.24, 2.45) is 0 Å². The van der Waals surface area contributed by atoms with Crippen molar-refractivity contribution in [1.82, 2.24) is 14.8 Å². The summed E-state index contributed by atoms with van der Waals surface area (Å²) in [4.78, 5) is 15.4. The monoisotopic (exact) mass is 327 g/mol. The van der Waals surface area contributed by atoms with E-state index in [2.05, 4.69) is 10.1 Å². The highest BCUT2D eigenvalue weighted by Gasteiger charge is 2.18. The van der Waals surface area contributed by atoms with Crippen LogP contribution < -0.4 is 0 Å². The van der Waals surface area contributed by atoms with Crippen molar-refractivity contribution in [3.63, 3.8) is 0 Å². The van der Waals surface area contributed by atoms with Gasteiger partial charge in [-0.3, -0.25) is 0 Å². The van der Waals surface area contributed by atoms with E-state index in [0.29, 0.717) is 16.4 Å². The van der Waals surface area contributed by atoms with E-state index in [1.165, 1.54) is 4.68 Å². The van der Waals surface area contributed by atoms with Gasteiger partial charge in [0, 0.05) is 10.6 Å². The van der Waals surface area contributed by atoms with Crippen LogP contribution in [0.25, 0.3) is 17.1 Å². The van der Waals surface area contributed by atoms with E-state index in [0.717, 1.165) is 16.8 Å². The van der Waals surface area contributed by atoms with Crippen LogP contribution in [0.15, 0.2) is 42.5 Å². The number of carbonyl (C=O) groups is 1. The summed E-state index contributed by atoms with van der Waals surface area (Å²) in [6.45, 7) is 4.01. The molecule has 0 spiro atoms. The SMILES string of the molecule is Cc1ccc(-n2nc(C(=O)O)nc2-c2cccc(Cl)c2)cc1C. The van der Waals surface area contributed by atoms with Gasteiger partial charge in [0.25, 0.3) is 5.82 Å². The molecule has 0 aliphatic carbocycles. The number of hydrogen-bond donors (Lipinski definition) is 1. The van der Waals surface area contributed by atoms with Crippen molar-refractivity contribution in [3.8, 4) is 17.1 Å². The Morgan fingerprint density at radius 3 is 2.57 bits per heavy atom. The van der Waals surface area contributed by atoms with Crippen molar-refractivity contribution < 1.29 is 9.90 Å². The van der Waals surface area contributed by atoms with E-state index in [9.17, 15) is 9.90 Å². The summed E-state index contributed by atoms with van der Waals surface area (Å²) < 4.78 is 1.53. The van der Waals surface area contributed by atoms with Crippen molar-refractivity contribution in [2.45, 2.75) is 13.8 Å². The van der Waals surface area contributed by atoms with Gasteiger partial charge in [0.05, 0.1) is 5.69 Å². The predicted molar refractivity (Wildman–Crippen MR) is 88.2 cm³/mol. The lowest BCUT2D eigenvalue weighted by atomic mass is 10.1. The molecule has 23 heavy (non-hydrogen) atoms. The lowest BCUT2D eigenvalue weighted by Crippen LogP contribution is -2.03. The third-order valence-corrected chi connectivity index (χ3v) is 3.85. The summed E-state index contributed by atoms with van der Waals surface area (Å²) in [5.41, 5.74) is 3.70. The van der Waals surface area contributed by atoms with Crippen LogP contribution in [0.2, 0.25) is 5.02 Å². The fourth-order valence-electron chi connectivity index (χ4n) is 2.25. The van der Waals surface area contributed by atoms with Crippen LogP contribution >= 0.6 is 11.6 Å². The molecule has 6 heteroatoms. The number of benzene rings is 2. The zero-order valence-electron chi connectivity index (χ0n) is 12.6. The maximum atomic E-state index is 11.3. The third kappa shape index (κ3) is 2.96. The lowest BCUT2D eigenvalue weighted by Gasteiger charge is -2.08. The number of carboxylic acids is 1. The van der Waals surface area contributed by atoms with E-state index >= 15 is 0 Å². The number of hydrogen-bond acceptors (Lipinski definition) is 3. The highest BCUT2D eigenvalue weighted by molar-refractivity contribution is 6.30. The first-order chi connectivity index (χ1) is 11.0. The average Bonchev–Trinajstić information content (AvgIpc) is 2.95. The first-order valence-corrected chi connectivity index (χ1v) is 7.37. The Balaban J connectivity index is 2.22. The summed E-state index contributed by atoms with van der Waals surface area (Å²) in [6.07, 6.45) is 0. The van der Waals surface area contributed by atoms with Gasteiger partial charge in [0.1, 0.15) is 0 Å². The molecule has 0 saturated carbocycles. The number of halogens is 1. The van der Waals surface area contributed by atoms with Crippen LogP contribution in [-0.2, 0) is 0 Å². The highest BCUT2D eigenvalue weighted by Crippen LogP contribution is 2.25. The molecule has 1 heterocycles. The minimum absolute atomic E-state index is 0.252. The second kappa shape index (κ2) is 5.85. The van der Waals surface area contributed by atoms with Crippen molar-refractivity contribution in [2.75, 3.05) is 0 Å². The summed E-state index contributed by atoms with van der Waals surface area (Å²) in [5.74, 6) is -0.984. The molecule has 0 aliphatic heterocycles. The summed E-state index contributed by atoms with van der Waals surface area (Å²) in [5, 5.41) is 13.9. The van der Waals surface area contributed by atoms with Gasteiger partial charge < -0.3 is 5.11 Å². The minimum atomic E-state index is -1.17. The predicted octanol–water partition coefficient (Wildman–Crippen LogP) is 3.90. The van der Waals surface area contributed by atoms with Gasteiger partial charge in [-0.05, 0) is 49.2 Å². The summed E-state index contributed by atoms with van der Waals surface area (Å²) >= 11 is 6.03. The van der Waals surface area contributed by atoms with E-state index in [1.807, 2.05) is 38.1 Å². The molecule has 0 atom stereocenters. The topological polar surface area (TPSA) is 68.0 Å². The second-order valence-corrected chi connectivity index (χ2v) is 5.69. The summed E-state index contributed by atoms with van der Waals surface area (Å²) in [7, 11) is 0. The first-order valence-electron chi connectivity index (χ1n) is 6.99. The fraction of sp³-hybridized carbons (Fsp3) is 0.118. The Labute approximate surface area is 138 Å². The first kappa shape index (κ1) is 15.2. The molecule has 0 unspecified atom stereocenters. The second-order valence-electron chi connectivity index (χ2n) is 5.25. The van der Waals surface area contributed by atoms with Gasteiger partial charge in [-0.15, -0.1) is 5.10 Å². The van der Waals surface area contributed by atoms with Gasteiger partial charge in [0.2, 0.25) is 0 Å². The van der Waals surface area contributed by atoms with Gasteiger partial charge in [-0.1, -0.05) is 29.8 Å². The fourth-order valence-corrected chi connectivity index (χ4v) is 2.44. The average molecular weight is 328 g/mol. The number of rotatable bonds is 3. The molecule has 0 saturated heterocycles. The number of carboxylic acid groups (broad SMARTS) is 1. The number of aryl methyl sites for hydroxylation is 2. The Morgan fingerprint density at radius 2 is 1.91 bits per heavy atom. The Hall–Kier alpha value is -2.66. The molecule has 1 aromatic heterocycles. The standard InChI is InChI=1S/C17H14ClN3O2/c1-10-6-7-14(8-11(10)2)21-16(19-15(20-21)17(22)23)12-4-3-5-13(18)9-12/h3-9H,1-2H3,(H,22,23). The van der Waals surface area contributed by atoms with Crippen LogP contribution in [0.4, 0.5) is 0 Å². The minimum Gasteiger partial charge on any atom is -0.475 e. The van der Waals surface area contributed by atoms with E-state index in [-0.39, 0.29) is 5.82 Å². The highest BCUT2D eigenvalue weighted by atomic mass is 35.5. The number of aromatic nitrogens is 3. The van der Waals surface area contributed by atoms with Gasteiger partial charge in [-0.25, -0.2) is 14.5 Å². The van der Waals surface area contributed by atoms with Gasteiger partial charge in [0.15, 0.2) is 5.82 Å². The maximum absolute atomic E-state index is 11.3.